The molecule has 0 amide bonds. The highest BCUT2D eigenvalue weighted by molar-refractivity contribution is 5.90. The third-order valence-electron chi connectivity index (χ3n) is 2.77. The number of aliphatic hydroxyl groups is 2. The Morgan fingerprint density at radius 3 is 1.75 bits per heavy atom. The van der Waals surface area contributed by atoms with Gasteiger partial charge >= 0.3 is 5.97 Å². The fourth-order valence-electron chi connectivity index (χ4n) is 1.74. The van der Waals surface area contributed by atoms with Crippen LogP contribution in [0.2, 0.25) is 0 Å². The molecule has 0 spiro atoms. The number of benzene rings is 1. The number of hydrogen-bond acceptors (Lipinski definition) is 8. The third-order valence-corrected chi connectivity index (χ3v) is 2.77. The SMILES string of the molecule is COC(=O)c1cc(OCCOCCO)cc(OCCOCCO)c1. The van der Waals surface area contributed by atoms with Crippen molar-refractivity contribution in [3.63, 3.8) is 0 Å². The minimum absolute atomic E-state index is 0.0475. The molecule has 0 bridgehead atoms. The van der Waals surface area contributed by atoms with E-state index in [1.54, 1.807) is 18.2 Å². The van der Waals surface area contributed by atoms with Gasteiger partial charge in [-0.2, -0.15) is 0 Å². The maximum atomic E-state index is 11.7. The standard InChI is InChI=1S/C16H24O8/c1-20-16(19)13-10-14(23-8-6-21-4-2-17)12-15(11-13)24-9-7-22-5-3-18/h10-12,17-18H,2-9H2,1H3. The summed E-state index contributed by atoms with van der Waals surface area (Å²) in [6.45, 7) is 1.56. The van der Waals surface area contributed by atoms with Crippen LogP contribution in [0, 0.1) is 0 Å². The Hall–Kier alpha value is -1.87. The van der Waals surface area contributed by atoms with Crippen LogP contribution in [0.1, 0.15) is 10.4 Å². The lowest BCUT2D eigenvalue weighted by Crippen LogP contribution is -2.11. The summed E-state index contributed by atoms with van der Waals surface area (Å²) in [6.07, 6.45) is 0. The molecule has 0 aliphatic carbocycles. The van der Waals surface area contributed by atoms with Crippen molar-refractivity contribution in [2.75, 3.05) is 60.0 Å². The fourth-order valence-corrected chi connectivity index (χ4v) is 1.74. The molecular formula is C16H24O8. The van der Waals surface area contributed by atoms with E-state index in [0.29, 0.717) is 30.3 Å². The van der Waals surface area contributed by atoms with Crippen LogP contribution < -0.4 is 9.47 Å². The first kappa shape index (κ1) is 20.2. The van der Waals surface area contributed by atoms with Gasteiger partial charge in [-0.25, -0.2) is 4.79 Å². The number of methoxy groups -OCH3 is 1. The molecular weight excluding hydrogens is 320 g/mol. The molecule has 0 unspecified atom stereocenters. The topological polar surface area (TPSA) is 104 Å². The van der Waals surface area contributed by atoms with E-state index in [2.05, 4.69) is 0 Å². The second-order valence-corrected chi connectivity index (χ2v) is 4.55. The molecule has 0 aliphatic heterocycles. The molecule has 0 heterocycles. The molecule has 8 heteroatoms. The van der Waals surface area contributed by atoms with Crippen molar-refractivity contribution < 1.29 is 38.7 Å². The zero-order valence-electron chi connectivity index (χ0n) is 13.7. The van der Waals surface area contributed by atoms with Crippen LogP contribution in [0.4, 0.5) is 0 Å². The molecule has 1 aromatic rings. The van der Waals surface area contributed by atoms with E-state index < -0.39 is 5.97 Å². The van der Waals surface area contributed by atoms with Gasteiger partial charge in [0.2, 0.25) is 0 Å². The van der Waals surface area contributed by atoms with Gasteiger partial charge in [0, 0.05) is 6.07 Å². The number of esters is 1. The molecule has 0 aromatic heterocycles. The van der Waals surface area contributed by atoms with Gasteiger partial charge in [-0.1, -0.05) is 0 Å². The van der Waals surface area contributed by atoms with Crippen LogP contribution in [-0.2, 0) is 14.2 Å². The van der Waals surface area contributed by atoms with E-state index in [-0.39, 0.29) is 39.6 Å². The van der Waals surface area contributed by atoms with E-state index in [9.17, 15) is 4.79 Å². The van der Waals surface area contributed by atoms with Gasteiger partial charge in [0.1, 0.15) is 24.7 Å². The number of ether oxygens (including phenoxy) is 5. The molecule has 0 fully saturated rings. The largest absolute Gasteiger partial charge is 0.491 e. The maximum Gasteiger partial charge on any atom is 0.338 e. The molecule has 24 heavy (non-hydrogen) atoms. The van der Waals surface area contributed by atoms with Crippen LogP contribution in [0.25, 0.3) is 0 Å². The van der Waals surface area contributed by atoms with Gasteiger partial charge in [-0.3, -0.25) is 0 Å². The van der Waals surface area contributed by atoms with E-state index in [0.717, 1.165) is 0 Å². The highest BCUT2D eigenvalue weighted by Crippen LogP contribution is 2.23. The smallest absolute Gasteiger partial charge is 0.338 e. The second kappa shape index (κ2) is 12.5. The predicted molar refractivity (Wildman–Crippen MR) is 84.6 cm³/mol. The molecule has 2 N–H and O–H groups in total. The first-order valence-corrected chi connectivity index (χ1v) is 7.57. The predicted octanol–water partition coefficient (Wildman–Crippen LogP) is 0.249. The summed E-state index contributed by atoms with van der Waals surface area (Å²) in [4.78, 5) is 11.7. The first-order chi connectivity index (χ1) is 11.7. The lowest BCUT2D eigenvalue weighted by Gasteiger charge is -2.12. The van der Waals surface area contributed by atoms with E-state index in [4.69, 9.17) is 33.9 Å². The van der Waals surface area contributed by atoms with Crippen LogP contribution in [-0.4, -0.2) is 76.1 Å². The zero-order valence-corrected chi connectivity index (χ0v) is 13.7. The summed E-state index contributed by atoms with van der Waals surface area (Å²) in [5.74, 6) is 0.381. The van der Waals surface area contributed by atoms with E-state index >= 15 is 0 Å². The van der Waals surface area contributed by atoms with Crippen molar-refractivity contribution in [1.29, 1.82) is 0 Å². The number of rotatable bonds is 13. The molecule has 136 valence electrons. The average molecular weight is 344 g/mol. The van der Waals surface area contributed by atoms with Gasteiger partial charge in [0.15, 0.2) is 0 Å². The number of aliphatic hydroxyl groups excluding tert-OH is 2. The van der Waals surface area contributed by atoms with Crippen LogP contribution in [0.5, 0.6) is 11.5 Å². The lowest BCUT2D eigenvalue weighted by molar-refractivity contribution is 0.0596. The Bertz CT molecular complexity index is 445. The molecule has 0 saturated carbocycles. The minimum atomic E-state index is -0.502. The summed E-state index contributed by atoms with van der Waals surface area (Å²) in [6, 6.07) is 4.74. The normalized spacial score (nSPS) is 10.5. The maximum absolute atomic E-state index is 11.7. The fraction of sp³-hybridized carbons (Fsp3) is 0.562. The Morgan fingerprint density at radius 1 is 0.833 bits per heavy atom. The van der Waals surface area contributed by atoms with Gasteiger partial charge < -0.3 is 33.9 Å². The summed E-state index contributed by atoms with van der Waals surface area (Å²) < 4.78 is 25.9. The molecule has 0 saturated heterocycles. The van der Waals surface area contributed by atoms with Crippen molar-refractivity contribution >= 4 is 5.97 Å². The molecule has 1 aromatic carbocycles. The van der Waals surface area contributed by atoms with Crippen molar-refractivity contribution in [3.05, 3.63) is 23.8 Å². The summed E-state index contributed by atoms with van der Waals surface area (Å²) in [5, 5.41) is 17.2. The summed E-state index contributed by atoms with van der Waals surface area (Å²) >= 11 is 0. The third kappa shape index (κ3) is 8.11. The summed E-state index contributed by atoms with van der Waals surface area (Å²) in [7, 11) is 1.29. The average Bonchev–Trinajstić information content (AvgIpc) is 2.60. The van der Waals surface area contributed by atoms with Gasteiger partial charge in [0.05, 0.1) is 52.3 Å². The second-order valence-electron chi connectivity index (χ2n) is 4.55. The number of carbonyl (C=O) groups excluding carboxylic acids is 1. The van der Waals surface area contributed by atoms with Crippen LogP contribution in [0.3, 0.4) is 0 Å². The Morgan fingerprint density at radius 2 is 1.33 bits per heavy atom. The molecule has 0 radical (unpaired) electrons. The van der Waals surface area contributed by atoms with Crippen molar-refractivity contribution in [1.82, 2.24) is 0 Å². The Kier molecular flexibility index (Phi) is 10.5. The van der Waals surface area contributed by atoms with E-state index in [1.165, 1.54) is 7.11 Å². The molecule has 0 atom stereocenters. The molecule has 1 rings (SSSR count). The quantitative estimate of drug-likeness (QED) is 0.388. The Labute approximate surface area is 140 Å². The van der Waals surface area contributed by atoms with Crippen LogP contribution >= 0.6 is 0 Å². The summed E-state index contributed by atoms with van der Waals surface area (Å²) in [5.41, 5.74) is 0.303. The monoisotopic (exact) mass is 344 g/mol. The van der Waals surface area contributed by atoms with Crippen molar-refractivity contribution in [3.8, 4) is 11.5 Å². The lowest BCUT2D eigenvalue weighted by atomic mass is 10.2. The zero-order chi connectivity index (χ0) is 17.6. The molecule has 0 aliphatic rings. The first-order valence-electron chi connectivity index (χ1n) is 7.57. The molecule has 8 nitrogen and oxygen atoms in total. The van der Waals surface area contributed by atoms with Crippen LogP contribution in [0.15, 0.2) is 18.2 Å². The van der Waals surface area contributed by atoms with Crippen molar-refractivity contribution in [2.24, 2.45) is 0 Å². The van der Waals surface area contributed by atoms with Gasteiger partial charge in [-0.05, 0) is 12.1 Å². The van der Waals surface area contributed by atoms with E-state index in [1.807, 2.05) is 0 Å². The van der Waals surface area contributed by atoms with Gasteiger partial charge in [0.25, 0.3) is 0 Å². The van der Waals surface area contributed by atoms with Crippen molar-refractivity contribution in [2.45, 2.75) is 0 Å². The highest BCUT2D eigenvalue weighted by Gasteiger charge is 2.10. The highest BCUT2D eigenvalue weighted by atomic mass is 16.5. The Balaban J connectivity index is 2.60. The van der Waals surface area contributed by atoms with Gasteiger partial charge in [-0.15, -0.1) is 0 Å². The minimum Gasteiger partial charge on any atom is -0.491 e. The number of carbonyl (C=O) groups is 1. The number of hydrogen-bond donors (Lipinski definition) is 2.